The molecule has 19 heavy (non-hydrogen) atoms. The van der Waals surface area contributed by atoms with Gasteiger partial charge in [-0.3, -0.25) is 0 Å². The molecule has 1 fully saturated rings. The van der Waals surface area contributed by atoms with E-state index in [9.17, 15) is 0 Å². The first kappa shape index (κ1) is 13.1. The first-order chi connectivity index (χ1) is 9.26. The van der Waals surface area contributed by atoms with E-state index in [0.29, 0.717) is 6.04 Å². The van der Waals surface area contributed by atoms with Crippen LogP contribution in [0.3, 0.4) is 0 Å². The van der Waals surface area contributed by atoms with Crippen LogP contribution in [-0.2, 0) is 13.0 Å². The third-order valence-electron chi connectivity index (χ3n) is 3.26. The molecular formula is C14H16BrN3S. The molecule has 1 aliphatic rings. The summed E-state index contributed by atoms with van der Waals surface area (Å²) in [6, 6.07) is 4.87. The maximum atomic E-state index is 4.68. The number of halogens is 1. The minimum Gasteiger partial charge on any atom is -0.349 e. The minimum absolute atomic E-state index is 0.645. The van der Waals surface area contributed by atoms with Crippen LogP contribution in [0.1, 0.15) is 31.2 Å². The van der Waals surface area contributed by atoms with Crippen LogP contribution in [0.5, 0.6) is 0 Å². The molecule has 0 aromatic carbocycles. The standard InChI is InChI=1S/C14H16BrN3S/c1-2-13-16-12(15)7-14(17-13)18(11-3-4-11)8-10-5-6-19-9-10/h5-7,9,11H,2-4,8H2,1H3. The van der Waals surface area contributed by atoms with Crippen molar-refractivity contribution in [3.63, 3.8) is 0 Å². The summed E-state index contributed by atoms with van der Waals surface area (Å²) in [4.78, 5) is 11.5. The first-order valence-electron chi connectivity index (χ1n) is 6.57. The third kappa shape index (κ3) is 3.15. The average Bonchev–Trinajstić information content (AvgIpc) is 3.12. The van der Waals surface area contributed by atoms with Gasteiger partial charge in [0.1, 0.15) is 16.2 Å². The molecule has 2 aromatic rings. The van der Waals surface area contributed by atoms with Gasteiger partial charge in [-0.1, -0.05) is 6.92 Å². The molecule has 1 saturated carbocycles. The summed E-state index contributed by atoms with van der Waals surface area (Å²) >= 11 is 5.24. The average molecular weight is 338 g/mol. The quantitative estimate of drug-likeness (QED) is 0.771. The Hall–Kier alpha value is -0.940. The second-order valence-electron chi connectivity index (χ2n) is 4.81. The summed E-state index contributed by atoms with van der Waals surface area (Å²) in [5, 5.41) is 4.35. The van der Waals surface area contributed by atoms with Crippen LogP contribution in [0.25, 0.3) is 0 Å². The summed E-state index contributed by atoms with van der Waals surface area (Å²) in [6.07, 6.45) is 3.41. The minimum atomic E-state index is 0.645. The third-order valence-corrected chi connectivity index (χ3v) is 4.40. The Balaban J connectivity index is 1.89. The fourth-order valence-electron chi connectivity index (χ4n) is 2.12. The van der Waals surface area contributed by atoms with Crippen molar-refractivity contribution in [2.75, 3.05) is 4.90 Å². The Bertz CT molecular complexity index is 552. The highest BCUT2D eigenvalue weighted by Gasteiger charge is 2.30. The zero-order valence-electron chi connectivity index (χ0n) is 10.8. The van der Waals surface area contributed by atoms with Gasteiger partial charge in [-0.15, -0.1) is 0 Å². The molecule has 2 heterocycles. The Labute approximate surface area is 125 Å². The van der Waals surface area contributed by atoms with Crippen molar-refractivity contribution >= 4 is 33.1 Å². The molecule has 0 aliphatic heterocycles. The Morgan fingerprint density at radius 2 is 2.26 bits per heavy atom. The monoisotopic (exact) mass is 337 g/mol. The number of aryl methyl sites for hydroxylation is 1. The lowest BCUT2D eigenvalue weighted by Gasteiger charge is -2.23. The predicted octanol–water partition coefficient (Wildman–Crippen LogP) is 4.03. The van der Waals surface area contributed by atoms with Gasteiger partial charge in [0.25, 0.3) is 0 Å². The Morgan fingerprint density at radius 3 is 2.89 bits per heavy atom. The molecule has 0 radical (unpaired) electrons. The summed E-state index contributed by atoms with van der Waals surface area (Å²) < 4.78 is 0.880. The van der Waals surface area contributed by atoms with Gasteiger partial charge in [0.05, 0.1) is 0 Å². The normalized spacial score (nSPS) is 14.6. The van der Waals surface area contributed by atoms with Gasteiger partial charge >= 0.3 is 0 Å². The maximum Gasteiger partial charge on any atom is 0.133 e. The molecule has 0 unspecified atom stereocenters. The van der Waals surface area contributed by atoms with Crippen molar-refractivity contribution in [2.24, 2.45) is 0 Å². The molecule has 0 saturated heterocycles. The molecule has 1 aliphatic carbocycles. The summed E-state index contributed by atoms with van der Waals surface area (Å²) in [5.41, 5.74) is 1.37. The van der Waals surface area contributed by atoms with Crippen LogP contribution >= 0.6 is 27.3 Å². The number of anilines is 1. The van der Waals surface area contributed by atoms with Crippen LogP contribution in [0.15, 0.2) is 27.5 Å². The zero-order valence-corrected chi connectivity index (χ0v) is 13.2. The topological polar surface area (TPSA) is 29.0 Å². The number of thiophene rings is 1. The van der Waals surface area contributed by atoms with E-state index in [4.69, 9.17) is 0 Å². The number of nitrogens with zero attached hydrogens (tertiary/aromatic N) is 3. The fourth-order valence-corrected chi connectivity index (χ4v) is 3.19. The highest BCUT2D eigenvalue weighted by molar-refractivity contribution is 9.10. The van der Waals surface area contributed by atoms with Gasteiger partial charge in [-0.05, 0) is 51.2 Å². The van der Waals surface area contributed by atoms with E-state index in [-0.39, 0.29) is 0 Å². The van der Waals surface area contributed by atoms with Gasteiger partial charge in [0.15, 0.2) is 0 Å². The summed E-state index contributed by atoms with van der Waals surface area (Å²) in [6.45, 7) is 3.03. The van der Waals surface area contributed by atoms with Crippen LogP contribution in [-0.4, -0.2) is 16.0 Å². The first-order valence-corrected chi connectivity index (χ1v) is 8.31. The molecule has 3 rings (SSSR count). The highest BCUT2D eigenvalue weighted by atomic mass is 79.9. The van der Waals surface area contributed by atoms with E-state index in [1.807, 2.05) is 6.07 Å². The Morgan fingerprint density at radius 1 is 1.42 bits per heavy atom. The predicted molar refractivity (Wildman–Crippen MR) is 82.6 cm³/mol. The molecule has 5 heteroatoms. The van der Waals surface area contributed by atoms with Crippen molar-refractivity contribution in [3.05, 3.63) is 38.9 Å². The van der Waals surface area contributed by atoms with Gasteiger partial charge in [0, 0.05) is 25.1 Å². The van der Waals surface area contributed by atoms with E-state index < -0.39 is 0 Å². The molecule has 0 bridgehead atoms. The smallest absolute Gasteiger partial charge is 0.133 e. The van der Waals surface area contributed by atoms with Crippen LogP contribution in [0.2, 0.25) is 0 Å². The second-order valence-corrected chi connectivity index (χ2v) is 6.40. The van der Waals surface area contributed by atoms with Gasteiger partial charge in [-0.2, -0.15) is 11.3 Å². The number of hydrogen-bond acceptors (Lipinski definition) is 4. The lowest BCUT2D eigenvalue weighted by Crippen LogP contribution is -2.26. The largest absolute Gasteiger partial charge is 0.349 e. The van der Waals surface area contributed by atoms with Gasteiger partial charge in [0.2, 0.25) is 0 Å². The van der Waals surface area contributed by atoms with E-state index in [2.05, 4.69) is 54.5 Å². The molecule has 0 atom stereocenters. The van der Waals surface area contributed by atoms with E-state index in [0.717, 1.165) is 29.2 Å². The van der Waals surface area contributed by atoms with Gasteiger partial charge in [-0.25, -0.2) is 9.97 Å². The van der Waals surface area contributed by atoms with E-state index in [1.54, 1.807) is 11.3 Å². The molecular weight excluding hydrogens is 322 g/mol. The number of aromatic nitrogens is 2. The fraction of sp³-hybridized carbons (Fsp3) is 0.429. The highest BCUT2D eigenvalue weighted by Crippen LogP contribution is 2.33. The second kappa shape index (κ2) is 5.59. The molecule has 0 N–H and O–H groups in total. The van der Waals surface area contributed by atoms with Crippen molar-refractivity contribution in [1.29, 1.82) is 0 Å². The van der Waals surface area contributed by atoms with Crippen LogP contribution in [0.4, 0.5) is 5.82 Å². The van der Waals surface area contributed by atoms with Gasteiger partial charge < -0.3 is 4.90 Å². The van der Waals surface area contributed by atoms with Crippen LogP contribution in [0, 0.1) is 0 Å². The molecule has 3 nitrogen and oxygen atoms in total. The zero-order chi connectivity index (χ0) is 13.2. The van der Waals surface area contributed by atoms with E-state index in [1.165, 1.54) is 18.4 Å². The summed E-state index contributed by atoms with van der Waals surface area (Å²) in [7, 11) is 0. The number of hydrogen-bond donors (Lipinski definition) is 0. The lowest BCUT2D eigenvalue weighted by atomic mass is 10.3. The van der Waals surface area contributed by atoms with Crippen molar-refractivity contribution in [3.8, 4) is 0 Å². The number of rotatable bonds is 5. The van der Waals surface area contributed by atoms with Crippen molar-refractivity contribution < 1.29 is 0 Å². The van der Waals surface area contributed by atoms with E-state index >= 15 is 0 Å². The lowest BCUT2D eigenvalue weighted by molar-refractivity contribution is 0.765. The summed E-state index contributed by atoms with van der Waals surface area (Å²) in [5.74, 6) is 1.95. The SMILES string of the molecule is CCc1nc(Br)cc(N(Cc2ccsc2)C2CC2)n1. The van der Waals surface area contributed by atoms with Crippen molar-refractivity contribution in [2.45, 2.75) is 38.8 Å². The van der Waals surface area contributed by atoms with Crippen LogP contribution < -0.4 is 4.90 Å². The Kier molecular flexibility index (Phi) is 3.84. The molecule has 0 amide bonds. The van der Waals surface area contributed by atoms with Crippen molar-refractivity contribution in [1.82, 2.24) is 9.97 Å². The molecule has 2 aromatic heterocycles. The molecule has 0 spiro atoms. The maximum absolute atomic E-state index is 4.68. The molecule has 100 valence electrons.